The molecular formula is C22H18F3N5O3. The molecule has 0 aliphatic heterocycles. The van der Waals surface area contributed by atoms with Gasteiger partial charge >= 0.3 is 6.18 Å². The summed E-state index contributed by atoms with van der Waals surface area (Å²) in [6.07, 6.45) is 0.299. The Morgan fingerprint density at radius 3 is 2.36 bits per heavy atom. The number of hydrogen-bond acceptors (Lipinski definition) is 6. The number of halogens is 3. The first-order valence-corrected chi connectivity index (χ1v) is 9.66. The van der Waals surface area contributed by atoms with Crippen molar-refractivity contribution in [1.29, 1.82) is 0 Å². The second-order valence-electron chi connectivity index (χ2n) is 6.97. The summed E-state index contributed by atoms with van der Waals surface area (Å²) < 4.78 is 50.0. The zero-order valence-electron chi connectivity index (χ0n) is 17.6. The molecule has 4 rings (SSSR count). The monoisotopic (exact) mass is 457 g/mol. The van der Waals surface area contributed by atoms with Crippen LogP contribution < -0.4 is 14.8 Å². The van der Waals surface area contributed by atoms with Gasteiger partial charge in [0.2, 0.25) is 0 Å². The van der Waals surface area contributed by atoms with E-state index in [0.29, 0.717) is 11.2 Å². The van der Waals surface area contributed by atoms with Gasteiger partial charge in [-0.15, -0.1) is 0 Å². The highest BCUT2D eigenvalue weighted by atomic mass is 19.4. The molecule has 1 amide bonds. The number of amides is 1. The number of aromatic nitrogens is 4. The van der Waals surface area contributed by atoms with Crippen molar-refractivity contribution in [3.63, 3.8) is 0 Å². The van der Waals surface area contributed by atoms with E-state index in [4.69, 9.17) is 9.47 Å². The molecule has 0 bridgehead atoms. The third-order valence-corrected chi connectivity index (χ3v) is 4.91. The first-order chi connectivity index (χ1) is 15.8. The van der Waals surface area contributed by atoms with Gasteiger partial charge in [0, 0.05) is 17.7 Å². The highest BCUT2D eigenvalue weighted by molar-refractivity contribution is 6.00. The quantitative estimate of drug-likeness (QED) is 0.474. The van der Waals surface area contributed by atoms with Crippen molar-refractivity contribution in [2.45, 2.75) is 6.18 Å². The summed E-state index contributed by atoms with van der Waals surface area (Å²) in [6.45, 7) is -1.47. The molecule has 1 N–H and O–H groups in total. The van der Waals surface area contributed by atoms with Gasteiger partial charge in [-0.25, -0.2) is 4.98 Å². The van der Waals surface area contributed by atoms with Crippen molar-refractivity contribution < 1.29 is 27.4 Å². The Balaban J connectivity index is 1.74. The Hall–Kier alpha value is -4.15. The molecule has 0 saturated heterocycles. The zero-order chi connectivity index (χ0) is 23.6. The lowest BCUT2D eigenvalue weighted by Crippen LogP contribution is -2.34. The first kappa shape index (κ1) is 22.1. The minimum absolute atomic E-state index is 0.0605. The van der Waals surface area contributed by atoms with Crippen LogP contribution >= 0.6 is 0 Å². The van der Waals surface area contributed by atoms with Crippen LogP contribution in [0.2, 0.25) is 0 Å². The van der Waals surface area contributed by atoms with E-state index in [-0.39, 0.29) is 17.1 Å². The number of nitrogens with one attached hydrogen (secondary N) is 1. The minimum atomic E-state index is -4.54. The molecule has 0 fully saturated rings. The van der Waals surface area contributed by atoms with Crippen molar-refractivity contribution in [2.75, 3.05) is 20.8 Å². The number of methoxy groups -OCH3 is 2. The Morgan fingerprint density at radius 2 is 1.76 bits per heavy atom. The van der Waals surface area contributed by atoms with Crippen molar-refractivity contribution in [3.8, 4) is 28.3 Å². The van der Waals surface area contributed by atoms with Crippen molar-refractivity contribution in [2.24, 2.45) is 0 Å². The normalized spacial score (nSPS) is 11.4. The van der Waals surface area contributed by atoms with E-state index in [9.17, 15) is 18.0 Å². The number of alkyl halides is 3. The maximum atomic E-state index is 12.5. The number of nitrogens with zero attached hydrogens (tertiary/aromatic N) is 4. The maximum Gasteiger partial charge on any atom is 0.405 e. The summed E-state index contributed by atoms with van der Waals surface area (Å²) >= 11 is 0. The van der Waals surface area contributed by atoms with Crippen LogP contribution in [0.5, 0.6) is 11.5 Å². The second-order valence-corrected chi connectivity index (χ2v) is 6.97. The molecule has 0 radical (unpaired) electrons. The van der Waals surface area contributed by atoms with Gasteiger partial charge in [0.15, 0.2) is 0 Å². The van der Waals surface area contributed by atoms with Gasteiger partial charge in [-0.2, -0.15) is 23.4 Å². The lowest BCUT2D eigenvalue weighted by Gasteiger charge is -2.16. The number of hydrogen-bond donors (Lipinski definition) is 1. The van der Waals surface area contributed by atoms with Gasteiger partial charge in [0.1, 0.15) is 29.9 Å². The lowest BCUT2D eigenvalue weighted by atomic mass is 10.1. The number of fused-ring (bicyclic) bond motifs is 1. The second kappa shape index (κ2) is 8.77. The highest BCUT2D eigenvalue weighted by Gasteiger charge is 2.30. The fourth-order valence-electron chi connectivity index (χ4n) is 3.39. The average Bonchev–Trinajstić information content (AvgIpc) is 3.25. The molecule has 8 nitrogen and oxygen atoms in total. The van der Waals surface area contributed by atoms with E-state index in [0.717, 1.165) is 16.6 Å². The van der Waals surface area contributed by atoms with Gasteiger partial charge in [-0.05, 0) is 23.8 Å². The molecule has 0 atom stereocenters. The van der Waals surface area contributed by atoms with E-state index in [1.807, 2.05) is 29.6 Å². The molecule has 2 heterocycles. The predicted octanol–water partition coefficient (Wildman–Crippen LogP) is 3.79. The fourth-order valence-corrected chi connectivity index (χ4v) is 3.39. The van der Waals surface area contributed by atoms with E-state index in [1.54, 1.807) is 23.3 Å². The predicted molar refractivity (Wildman–Crippen MR) is 114 cm³/mol. The van der Waals surface area contributed by atoms with Crippen LogP contribution in [0, 0.1) is 0 Å². The molecule has 11 heteroatoms. The standard InChI is InChI=1S/C22H18F3N5O3/c1-32-18-8-15(9-19(33-2)20(18)21(31)26-11-22(23,24)25)30-12-27-16-7-13(3-4-17(16)30)14-5-6-28-29-10-14/h3-10,12H,11H2,1-2H3,(H,26,31). The third kappa shape index (κ3) is 4.56. The van der Waals surface area contributed by atoms with Gasteiger partial charge < -0.3 is 14.8 Å². The minimum Gasteiger partial charge on any atom is -0.496 e. The SMILES string of the molecule is COc1cc(-n2cnc3cc(-c4ccnnc4)ccc32)cc(OC)c1C(=O)NCC(F)(F)F. The highest BCUT2D eigenvalue weighted by Crippen LogP contribution is 2.34. The number of ether oxygens (including phenoxy) is 2. The van der Waals surface area contributed by atoms with Crippen LogP contribution in [-0.2, 0) is 0 Å². The Morgan fingerprint density at radius 1 is 1.03 bits per heavy atom. The summed E-state index contributed by atoms with van der Waals surface area (Å²) in [5.74, 6) is -0.839. The number of imidazole rings is 1. The largest absolute Gasteiger partial charge is 0.496 e. The van der Waals surface area contributed by atoms with Crippen molar-refractivity contribution in [3.05, 3.63) is 60.7 Å². The lowest BCUT2D eigenvalue weighted by molar-refractivity contribution is -0.123. The van der Waals surface area contributed by atoms with Gasteiger partial charge in [0.25, 0.3) is 5.91 Å². The molecule has 4 aromatic rings. The summed E-state index contributed by atoms with van der Waals surface area (Å²) in [5.41, 5.74) is 3.68. The molecule has 0 aliphatic rings. The van der Waals surface area contributed by atoms with Gasteiger partial charge in [-0.1, -0.05) is 6.07 Å². The van der Waals surface area contributed by atoms with Crippen molar-refractivity contribution in [1.82, 2.24) is 25.1 Å². The van der Waals surface area contributed by atoms with Crippen LogP contribution in [0.3, 0.4) is 0 Å². The molecule has 0 aliphatic carbocycles. The molecule has 0 saturated carbocycles. The third-order valence-electron chi connectivity index (χ3n) is 4.91. The molecule has 0 unspecified atom stereocenters. The smallest absolute Gasteiger partial charge is 0.405 e. The summed E-state index contributed by atoms with van der Waals surface area (Å²) in [5, 5.41) is 9.50. The molecule has 0 spiro atoms. The molecule has 170 valence electrons. The van der Waals surface area contributed by atoms with Crippen LogP contribution in [0.15, 0.2) is 55.1 Å². The topological polar surface area (TPSA) is 91.2 Å². The Kier molecular flexibility index (Phi) is 5.86. The average molecular weight is 457 g/mol. The van der Waals surface area contributed by atoms with Gasteiger partial charge in [-0.3, -0.25) is 9.36 Å². The van der Waals surface area contributed by atoms with Gasteiger partial charge in [0.05, 0.1) is 43.3 Å². The molecule has 2 aromatic carbocycles. The fraction of sp³-hybridized carbons (Fsp3) is 0.182. The van der Waals surface area contributed by atoms with Crippen LogP contribution in [-0.4, -0.2) is 52.6 Å². The maximum absolute atomic E-state index is 12.5. The van der Waals surface area contributed by atoms with E-state index < -0.39 is 18.6 Å². The van der Waals surface area contributed by atoms with E-state index in [1.165, 1.54) is 26.4 Å². The van der Waals surface area contributed by atoms with E-state index >= 15 is 0 Å². The summed E-state index contributed by atoms with van der Waals surface area (Å²) in [6, 6.07) is 10.6. The number of benzene rings is 2. The van der Waals surface area contributed by atoms with Crippen molar-refractivity contribution >= 4 is 16.9 Å². The first-order valence-electron chi connectivity index (χ1n) is 9.66. The van der Waals surface area contributed by atoms with Crippen LogP contribution in [0.25, 0.3) is 27.8 Å². The van der Waals surface area contributed by atoms with E-state index in [2.05, 4.69) is 15.2 Å². The Labute approximate surface area is 186 Å². The summed E-state index contributed by atoms with van der Waals surface area (Å²) in [7, 11) is 2.64. The molecule has 2 aromatic heterocycles. The zero-order valence-corrected chi connectivity index (χ0v) is 17.6. The van der Waals surface area contributed by atoms with Crippen LogP contribution in [0.4, 0.5) is 13.2 Å². The molecule has 33 heavy (non-hydrogen) atoms. The number of carbonyl (C=O) groups excluding carboxylic acids is 1. The number of rotatable bonds is 6. The van der Waals surface area contributed by atoms with Crippen LogP contribution in [0.1, 0.15) is 10.4 Å². The summed E-state index contributed by atoms with van der Waals surface area (Å²) in [4.78, 5) is 16.9. The Bertz CT molecular complexity index is 1280. The molecular weight excluding hydrogens is 439 g/mol. The number of carbonyl (C=O) groups is 1.